The highest BCUT2D eigenvalue weighted by Crippen LogP contribution is 2.59. The zero-order chi connectivity index (χ0) is 13.0. The summed E-state index contributed by atoms with van der Waals surface area (Å²) in [5.41, 5.74) is 0.676. The Morgan fingerprint density at radius 1 is 1.11 bits per heavy atom. The number of hydrogen-bond acceptors (Lipinski definition) is 1. The molecular weight excluding hydrogens is 305 g/mol. The van der Waals surface area contributed by atoms with Crippen LogP contribution >= 0.6 is 15.9 Å². The van der Waals surface area contributed by atoms with Crippen LogP contribution < -0.4 is 5.32 Å². The highest BCUT2D eigenvalue weighted by molar-refractivity contribution is 9.10. The van der Waals surface area contributed by atoms with E-state index in [4.69, 9.17) is 0 Å². The largest absolute Gasteiger partial charge is 0.380 e. The van der Waals surface area contributed by atoms with E-state index in [-0.39, 0.29) is 5.82 Å². The van der Waals surface area contributed by atoms with Gasteiger partial charge in [0.15, 0.2) is 0 Å². The third kappa shape index (κ3) is 1.93. The first-order chi connectivity index (χ1) is 9.22. The van der Waals surface area contributed by atoms with Crippen LogP contribution in [0.25, 0.3) is 0 Å². The van der Waals surface area contributed by atoms with Crippen LogP contribution in [0.3, 0.4) is 0 Å². The summed E-state index contributed by atoms with van der Waals surface area (Å²) in [5.74, 6) is 3.49. The summed E-state index contributed by atoms with van der Waals surface area (Å²) in [7, 11) is 0. The molecule has 3 saturated carbocycles. The maximum absolute atomic E-state index is 13.9. The summed E-state index contributed by atoms with van der Waals surface area (Å²) in [4.78, 5) is 0. The van der Waals surface area contributed by atoms with Gasteiger partial charge < -0.3 is 5.32 Å². The van der Waals surface area contributed by atoms with Crippen LogP contribution in [0.4, 0.5) is 10.1 Å². The highest BCUT2D eigenvalue weighted by atomic mass is 79.9. The van der Waals surface area contributed by atoms with Gasteiger partial charge in [-0.05, 0) is 67.6 Å². The number of nitrogens with one attached hydrogen (secondary N) is 1. The summed E-state index contributed by atoms with van der Waals surface area (Å²) in [6, 6.07) is 5.82. The summed E-state index contributed by atoms with van der Waals surface area (Å²) in [6.07, 6.45) is 6.91. The van der Waals surface area contributed by atoms with E-state index in [0.29, 0.717) is 11.7 Å². The molecule has 1 aromatic carbocycles. The van der Waals surface area contributed by atoms with Gasteiger partial charge in [-0.1, -0.05) is 22.4 Å². The van der Waals surface area contributed by atoms with Gasteiger partial charge in [-0.3, -0.25) is 0 Å². The molecule has 3 heteroatoms. The fourth-order valence-electron chi connectivity index (χ4n) is 5.04. The molecular formula is C16H19BrFN. The topological polar surface area (TPSA) is 12.0 Å². The van der Waals surface area contributed by atoms with Gasteiger partial charge in [0.2, 0.25) is 0 Å². The van der Waals surface area contributed by atoms with Gasteiger partial charge in [-0.15, -0.1) is 0 Å². The number of halogens is 2. The summed E-state index contributed by atoms with van der Waals surface area (Å²) in [6.45, 7) is 0. The first-order valence-corrected chi connectivity index (χ1v) is 8.23. The third-order valence-corrected chi connectivity index (χ3v) is 6.19. The lowest BCUT2D eigenvalue weighted by Crippen LogP contribution is -2.34. The fraction of sp³-hybridized carbons (Fsp3) is 0.625. The molecule has 5 atom stereocenters. The zero-order valence-corrected chi connectivity index (χ0v) is 12.5. The number of benzene rings is 1. The van der Waals surface area contributed by atoms with E-state index in [1.54, 1.807) is 6.07 Å². The standard InChI is InChI=1S/C16H19BrFN/c17-10-4-5-15(14(18)8-10)19-16-7-9-6-13(16)12-3-1-2-11(9)12/h4-5,8-9,11-13,16,19H,1-3,6-7H2. The molecule has 0 spiro atoms. The predicted molar refractivity (Wildman–Crippen MR) is 78.6 cm³/mol. The summed E-state index contributed by atoms with van der Waals surface area (Å²) in [5, 5.41) is 3.48. The Labute approximate surface area is 122 Å². The molecule has 2 bridgehead atoms. The number of hydrogen-bond donors (Lipinski definition) is 1. The van der Waals surface area contributed by atoms with Crippen molar-refractivity contribution in [2.45, 2.75) is 38.1 Å². The van der Waals surface area contributed by atoms with Crippen LogP contribution in [0.1, 0.15) is 32.1 Å². The molecule has 4 rings (SSSR count). The molecule has 1 N–H and O–H groups in total. The van der Waals surface area contributed by atoms with E-state index in [1.165, 1.54) is 32.1 Å². The van der Waals surface area contributed by atoms with Gasteiger partial charge in [0.05, 0.1) is 5.69 Å². The zero-order valence-electron chi connectivity index (χ0n) is 10.9. The quantitative estimate of drug-likeness (QED) is 0.822. The molecule has 3 aliphatic rings. The van der Waals surface area contributed by atoms with Gasteiger partial charge >= 0.3 is 0 Å². The van der Waals surface area contributed by atoms with Crippen LogP contribution in [-0.2, 0) is 0 Å². The molecule has 0 saturated heterocycles. The van der Waals surface area contributed by atoms with Gasteiger partial charge in [-0.2, -0.15) is 0 Å². The van der Waals surface area contributed by atoms with Crippen molar-refractivity contribution in [2.75, 3.05) is 5.32 Å². The van der Waals surface area contributed by atoms with Gasteiger partial charge in [0.1, 0.15) is 5.82 Å². The second kappa shape index (κ2) is 4.47. The monoisotopic (exact) mass is 323 g/mol. The van der Waals surface area contributed by atoms with Crippen LogP contribution in [0.15, 0.2) is 22.7 Å². The molecule has 102 valence electrons. The Bertz CT molecular complexity index is 504. The summed E-state index contributed by atoms with van der Waals surface area (Å²) < 4.78 is 14.7. The molecule has 1 aromatic rings. The van der Waals surface area contributed by atoms with E-state index in [0.717, 1.165) is 28.1 Å². The normalized spacial score (nSPS) is 39.6. The molecule has 0 radical (unpaired) electrons. The average Bonchev–Trinajstić information content (AvgIpc) is 3.04. The van der Waals surface area contributed by atoms with Crippen molar-refractivity contribution in [3.8, 4) is 0 Å². The molecule has 0 amide bonds. The smallest absolute Gasteiger partial charge is 0.147 e. The number of fused-ring (bicyclic) bond motifs is 5. The molecule has 1 nitrogen and oxygen atoms in total. The van der Waals surface area contributed by atoms with Crippen molar-refractivity contribution < 1.29 is 4.39 Å². The molecule has 3 aliphatic carbocycles. The number of anilines is 1. The fourth-order valence-corrected chi connectivity index (χ4v) is 5.37. The Hall–Kier alpha value is -0.570. The van der Waals surface area contributed by atoms with Gasteiger partial charge in [0.25, 0.3) is 0 Å². The Kier molecular flexibility index (Phi) is 2.87. The molecule has 5 unspecified atom stereocenters. The van der Waals surface area contributed by atoms with Crippen molar-refractivity contribution in [2.24, 2.45) is 23.7 Å². The van der Waals surface area contributed by atoms with Gasteiger partial charge in [-0.25, -0.2) is 4.39 Å². The second-order valence-electron chi connectivity index (χ2n) is 6.53. The van der Waals surface area contributed by atoms with Crippen LogP contribution in [0.5, 0.6) is 0 Å². The molecule has 0 heterocycles. The van der Waals surface area contributed by atoms with E-state index in [2.05, 4.69) is 21.2 Å². The third-order valence-electron chi connectivity index (χ3n) is 5.70. The van der Waals surface area contributed by atoms with Crippen molar-refractivity contribution in [1.82, 2.24) is 0 Å². The molecule has 3 fully saturated rings. The molecule has 0 aliphatic heterocycles. The molecule has 0 aromatic heterocycles. The van der Waals surface area contributed by atoms with Crippen molar-refractivity contribution in [3.63, 3.8) is 0 Å². The van der Waals surface area contributed by atoms with Crippen molar-refractivity contribution >= 4 is 21.6 Å². The van der Waals surface area contributed by atoms with Crippen molar-refractivity contribution in [3.05, 3.63) is 28.5 Å². The lowest BCUT2D eigenvalue weighted by atomic mass is 9.79. The van der Waals surface area contributed by atoms with Crippen LogP contribution in [0, 0.1) is 29.5 Å². The maximum Gasteiger partial charge on any atom is 0.147 e. The minimum absolute atomic E-state index is 0.139. The first-order valence-electron chi connectivity index (χ1n) is 7.44. The van der Waals surface area contributed by atoms with E-state index in [9.17, 15) is 4.39 Å². The Balaban J connectivity index is 1.52. The first kappa shape index (κ1) is 12.2. The van der Waals surface area contributed by atoms with E-state index < -0.39 is 0 Å². The minimum Gasteiger partial charge on any atom is -0.380 e. The van der Waals surface area contributed by atoms with Gasteiger partial charge in [0, 0.05) is 10.5 Å². The minimum atomic E-state index is -0.139. The second-order valence-corrected chi connectivity index (χ2v) is 7.44. The van der Waals surface area contributed by atoms with E-state index >= 15 is 0 Å². The SMILES string of the molecule is Fc1cc(Br)ccc1NC1CC2CC1C1CCCC21. The Morgan fingerprint density at radius 3 is 2.79 bits per heavy atom. The maximum atomic E-state index is 13.9. The Morgan fingerprint density at radius 2 is 1.95 bits per heavy atom. The van der Waals surface area contributed by atoms with E-state index in [1.807, 2.05) is 12.1 Å². The average molecular weight is 324 g/mol. The van der Waals surface area contributed by atoms with Crippen LogP contribution in [-0.4, -0.2) is 6.04 Å². The van der Waals surface area contributed by atoms with Crippen LogP contribution in [0.2, 0.25) is 0 Å². The lowest BCUT2D eigenvalue weighted by molar-refractivity contribution is 0.243. The highest BCUT2D eigenvalue weighted by Gasteiger charge is 2.53. The number of rotatable bonds is 2. The summed E-state index contributed by atoms with van der Waals surface area (Å²) >= 11 is 3.31. The lowest BCUT2D eigenvalue weighted by Gasteiger charge is -2.32. The molecule has 19 heavy (non-hydrogen) atoms. The predicted octanol–water partition coefficient (Wildman–Crippen LogP) is 4.82. The van der Waals surface area contributed by atoms with Crippen molar-refractivity contribution in [1.29, 1.82) is 0 Å².